The Hall–Kier alpha value is -0.0500. The van der Waals surface area contributed by atoms with Crippen molar-refractivity contribution in [2.45, 2.75) is 63.1 Å². The second-order valence-electron chi connectivity index (χ2n) is 9.17. The zero-order chi connectivity index (χ0) is 14.8. The lowest BCUT2D eigenvalue weighted by atomic mass is 9.44. The molecule has 0 aromatic carbocycles. The van der Waals surface area contributed by atoms with Gasteiger partial charge in [0.05, 0.1) is 5.41 Å². The molecule has 0 N–H and O–H groups in total. The molecule has 5 fully saturated rings. The van der Waals surface area contributed by atoms with Crippen molar-refractivity contribution in [2.24, 2.45) is 28.6 Å². The molecule has 5 rings (SSSR count). The summed E-state index contributed by atoms with van der Waals surface area (Å²) >= 11 is 3.66. The van der Waals surface area contributed by atoms with E-state index >= 15 is 0 Å². The lowest BCUT2D eigenvalue weighted by molar-refractivity contribution is -0.165. The molecular formula is C18H28BrNO. The molecule has 21 heavy (non-hydrogen) atoms. The summed E-state index contributed by atoms with van der Waals surface area (Å²) in [5, 5.41) is 0. The molecule has 4 bridgehead atoms. The minimum atomic E-state index is 0.0190. The van der Waals surface area contributed by atoms with Crippen molar-refractivity contribution < 1.29 is 4.79 Å². The van der Waals surface area contributed by atoms with Crippen LogP contribution in [-0.4, -0.2) is 29.2 Å². The molecule has 0 aliphatic heterocycles. The Morgan fingerprint density at radius 3 is 2.29 bits per heavy atom. The predicted molar refractivity (Wildman–Crippen MR) is 88.3 cm³/mol. The number of hydrogen-bond donors (Lipinski definition) is 0. The summed E-state index contributed by atoms with van der Waals surface area (Å²) in [7, 11) is 2.06. The van der Waals surface area contributed by atoms with E-state index in [4.69, 9.17) is 0 Å². The minimum absolute atomic E-state index is 0.0190. The van der Waals surface area contributed by atoms with Crippen molar-refractivity contribution in [3.63, 3.8) is 0 Å². The maximum atomic E-state index is 13.2. The van der Waals surface area contributed by atoms with E-state index in [1.54, 1.807) is 0 Å². The number of alkyl halides is 1. The fourth-order valence-corrected chi connectivity index (χ4v) is 7.71. The van der Waals surface area contributed by atoms with Gasteiger partial charge in [-0.15, -0.1) is 0 Å². The second kappa shape index (κ2) is 4.72. The third kappa shape index (κ3) is 2.38. The molecule has 0 radical (unpaired) electrons. The highest BCUT2D eigenvalue weighted by molar-refractivity contribution is 9.09. The van der Waals surface area contributed by atoms with Crippen LogP contribution in [0, 0.1) is 28.6 Å². The van der Waals surface area contributed by atoms with Crippen LogP contribution in [0.25, 0.3) is 0 Å². The lowest BCUT2D eigenvalue weighted by Crippen LogP contribution is -2.57. The van der Waals surface area contributed by atoms with Crippen LogP contribution in [0.5, 0.6) is 0 Å². The number of rotatable bonds is 3. The Balaban J connectivity index is 1.48. The zero-order valence-electron chi connectivity index (χ0n) is 13.4. The first-order chi connectivity index (χ1) is 9.87. The van der Waals surface area contributed by atoms with Crippen LogP contribution in [0.3, 0.4) is 0 Å². The zero-order valence-corrected chi connectivity index (χ0v) is 15.0. The lowest BCUT2D eigenvalue weighted by Gasteiger charge is -2.61. The molecule has 5 saturated carbocycles. The van der Waals surface area contributed by atoms with Crippen molar-refractivity contribution in [1.29, 1.82) is 0 Å². The van der Waals surface area contributed by atoms with E-state index in [1.165, 1.54) is 51.4 Å². The normalized spacial score (nSPS) is 50.8. The summed E-state index contributed by atoms with van der Waals surface area (Å²) in [4.78, 5) is 16.0. The summed E-state index contributed by atoms with van der Waals surface area (Å²) in [6.07, 6.45) is 10.2. The fourth-order valence-electron chi connectivity index (χ4n) is 6.65. The summed E-state index contributed by atoms with van der Waals surface area (Å²) in [5.74, 6) is 2.89. The van der Waals surface area contributed by atoms with Gasteiger partial charge < -0.3 is 4.90 Å². The number of hydrogen-bond acceptors (Lipinski definition) is 1. The third-order valence-electron chi connectivity index (χ3n) is 6.86. The van der Waals surface area contributed by atoms with Gasteiger partial charge in [0.25, 0.3) is 0 Å². The Kier molecular flexibility index (Phi) is 3.27. The molecule has 0 heterocycles. The van der Waals surface area contributed by atoms with Crippen LogP contribution in [0.15, 0.2) is 0 Å². The molecule has 0 spiro atoms. The number of nitrogens with zero attached hydrogens (tertiary/aromatic N) is 1. The van der Waals surface area contributed by atoms with Gasteiger partial charge in [0.1, 0.15) is 0 Å². The minimum Gasteiger partial charge on any atom is -0.345 e. The highest BCUT2D eigenvalue weighted by Gasteiger charge is 2.59. The fraction of sp³-hybridized carbons (Fsp3) is 0.944. The molecule has 118 valence electrons. The van der Waals surface area contributed by atoms with Gasteiger partial charge >= 0.3 is 0 Å². The Morgan fingerprint density at radius 2 is 1.76 bits per heavy atom. The van der Waals surface area contributed by atoms with Crippen LogP contribution in [0.1, 0.15) is 58.3 Å². The predicted octanol–water partition coefficient (Wildman–Crippen LogP) is 4.22. The molecule has 0 saturated heterocycles. The standard InChI is InChI=1S/C18H28BrNO/c1-17-6-13-3-14(7-17)9-18(8-13,11-17)16(21)20(2)10-12-4-15(19)5-12/h12-15H,3-11H2,1-2H3. The van der Waals surface area contributed by atoms with E-state index in [-0.39, 0.29) is 5.41 Å². The van der Waals surface area contributed by atoms with Crippen LogP contribution in [-0.2, 0) is 4.79 Å². The molecule has 5 aliphatic rings. The third-order valence-corrected chi connectivity index (χ3v) is 7.61. The van der Waals surface area contributed by atoms with E-state index in [0.29, 0.717) is 16.1 Å². The average Bonchev–Trinajstić information content (AvgIpc) is 2.32. The molecular weight excluding hydrogens is 326 g/mol. The largest absolute Gasteiger partial charge is 0.345 e. The van der Waals surface area contributed by atoms with Gasteiger partial charge in [-0.3, -0.25) is 4.79 Å². The van der Waals surface area contributed by atoms with Crippen molar-refractivity contribution in [3.05, 3.63) is 0 Å². The van der Waals surface area contributed by atoms with Gasteiger partial charge in [-0.25, -0.2) is 0 Å². The van der Waals surface area contributed by atoms with Crippen LogP contribution in [0.4, 0.5) is 0 Å². The summed E-state index contributed by atoms with van der Waals surface area (Å²) in [6, 6.07) is 0. The van der Waals surface area contributed by atoms with Gasteiger partial charge in [0.2, 0.25) is 5.91 Å². The Morgan fingerprint density at radius 1 is 1.14 bits per heavy atom. The van der Waals surface area contributed by atoms with Crippen LogP contribution < -0.4 is 0 Å². The smallest absolute Gasteiger partial charge is 0.228 e. The summed E-state index contributed by atoms with van der Waals surface area (Å²) < 4.78 is 0. The molecule has 5 aliphatic carbocycles. The Bertz CT molecular complexity index is 442. The number of carbonyl (C=O) groups is 1. The molecule has 3 heteroatoms. The second-order valence-corrected chi connectivity index (χ2v) is 10.5. The van der Waals surface area contributed by atoms with Crippen LogP contribution >= 0.6 is 15.9 Å². The average molecular weight is 354 g/mol. The van der Waals surface area contributed by atoms with E-state index in [9.17, 15) is 4.79 Å². The van der Waals surface area contributed by atoms with Gasteiger partial charge in [0, 0.05) is 18.4 Å². The van der Waals surface area contributed by atoms with Crippen molar-refractivity contribution in [1.82, 2.24) is 4.90 Å². The maximum absolute atomic E-state index is 13.2. The van der Waals surface area contributed by atoms with E-state index in [2.05, 4.69) is 34.8 Å². The monoisotopic (exact) mass is 353 g/mol. The number of amides is 1. The highest BCUT2D eigenvalue weighted by Crippen LogP contribution is 2.65. The SMILES string of the molecule is CN(CC1CC(Br)C1)C(=O)C12CC3CC(CC(C)(C3)C1)C2. The number of halogens is 1. The summed E-state index contributed by atoms with van der Waals surface area (Å²) in [5.41, 5.74) is 0.489. The van der Waals surface area contributed by atoms with E-state index < -0.39 is 0 Å². The maximum Gasteiger partial charge on any atom is 0.228 e. The molecule has 2 atom stereocenters. The Labute approximate surface area is 137 Å². The quantitative estimate of drug-likeness (QED) is 0.695. The molecule has 1 amide bonds. The first-order valence-electron chi connectivity index (χ1n) is 8.77. The van der Waals surface area contributed by atoms with Gasteiger partial charge in [0.15, 0.2) is 0 Å². The highest BCUT2D eigenvalue weighted by atomic mass is 79.9. The molecule has 2 nitrogen and oxygen atoms in total. The first kappa shape index (κ1) is 14.5. The van der Waals surface area contributed by atoms with Crippen molar-refractivity contribution in [3.8, 4) is 0 Å². The van der Waals surface area contributed by atoms with E-state index in [1.807, 2.05) is 0 Å². The first-order valence-corrected chi connectivity index (χ1v) is 9.69. The van der Waals surface area contributed by atoms with Gasteiger partial charge in [-0.05, 0) is 74.5 Å². The van der Waals surface area contributed by atoms with Gasteiger partial charge in [-0.1, -0.05) is 22.9 Å². The molecule has 0 aromatic rings. The molecule has 0 aromatic heterocycles. The summed E-state index contributed by atoms with van der Waals surface area (Å²) in [6.45, 7) is 3.43. The topological polar surface area (TPSA) is 20.3 Å². The van der Waals surface area contributed by atoms with Crippen molar-refractivity contribution >= 4 is 21.8 Å². The van der Waals surface area contributed by atoms with E-state index in [0.717, 1.165) is 24.3 Å². The molecule has 2 unspecified atom stereocenters. The van der Waals surface area contributed by atoms with Crippen LogP contribution in [0.2, 0.25) is 0 Å². The van der Waals surface area contributed by atoms with Gasteiger partial charge in [-0.2, -0.15) is 0 Å². The number of carbonyl (C=O) groups excluding carboxylic acids is 1. The van der Waals surface area contributed by atoms with Crippen molar-refractivity contribution in [2.75, 3.05) is 13.6 Å².